The summed E-state index contributed by atoms with van der Waals surface area (Å²) in [5.41, 5.74) is 4.13. The first-order valence-electron chi connectivity index (χ1n) is 7.19. The zero-order valence-corrected chi connectivity index (χ0v) is 13.7. The number of rotatable bonds is 1. The van der Waals surface area contributed by atoms with E-state index in [4.69, 9.17) is 14.5 Å². The summed E-state index contributed by atoms with van der Waals surface area (Å²) in [4.78, 5) is 4.81. The molecule has 0 saturated heterocycles. The lowest BCUT2D eigenvalue weighted by molar-refractivity contribution is 0.171. The van der Waals surface area contributed by atoms with E-state index in [0.29, 0.717) is 13.2 Å². The Labute approximate surface area is 137 Å². The van der Waals surface area contributed by atoms with Gasteiger partial charge >= 0.3 is 0 Å². The standard InChI is InChI=1S/C18H14BrNO2/c1-11-13-4-2-3-5-14(13)20-18(17(11)19)12-6-7-15-16(10-12)22-9-8-21-15/h2-7,10H,8-9H2,1H3. The third kappa shape index (κ3) is 2.15. The van der Waals surface area contributed by atoms with E-state index in [1.165, 1.54) is 5.56 Å². The Hall–Kier alpha value is -2.07. The van der Waals surface area contributed by atoms with Gasteiger partial charge in [0, 0.05) is 15.4 Å². The van der Waals surface area contributed by atoms with Crippen molar-refractivity contribution in [3.05, 3.63) is 52.5 Å². The molecule has 1 aliphatic heterocycles. The van der Waals surface area contributed by atoms with Crippen molar-refractivity contribution >= 4 is 26.8 Å². The van der Waals surface area contributed by atoms with E-state index in [9.17, 15) is 0 Å². The van der Waals surface area contributed by atoms with Crippen LogP contribution in [-0.2, 0) is 0 Å². The van der Waals surface area contributed by atoms with Gasteiger partial charge in [-0.25, -0.2) is 4.98 Å². The number of aryl methyl sites for hydroxylation is 1. The van der Waals surface area contributed by atoms with Crippen molar-refractivity contribution in [2.24, 2.45) is 0 Å². The molecule has 0 fully saturated rings. The van der Waals surface area contributed by atoms with Gasteiger partial charge in [0.15, 0.2) is 11.5 Å². The number of nitrogens with zero attached hydrogens (tertiary/aromatic N) is 1. The Morgan fingerprint density at radius 1 is 1.00 bits per heavy atom. The van der Waals surface area contributed by atoms with Gasteiger partial charge < -0.3 is 9.47 Å². The number of para-hydroxylation sites is 1. The first kappa shape index (κ1) is 13.6. The van der Waals surface area contributed by atoms with Crippen LogP contribution in [0.25, 0.3) is 22.2 Å². The second-order valence-corrected chi connectivity index (χ2v) is 6.07. The SMILES string of the molecule is Cc1c(Br)c(-c2ccc3c(c2)OCCO3)nc2ccccc12. The van der Waals surface area contributed by atoms with Crippen LogP contribution in [0.3, 0.4) is 0 Å². The second-order valence-electron chi connectivity index (χ2n) is 5.27. The molecule has 2 aromatic carbocycles. The molecule has 0 radical (unpaired) electrons. The van der Waals surface area contributed by atoms with Crippen LogP contribution < -0.4 is 9.47 Å². The topological polar surface area (TPSA) is 31.4 Å². The van der Waals surface area contributed by atoms with Gasteiger partial charge in [0.2, 0.25) is 0 Å². The van der Waals surface area contributed by atoms with Crippen LogP contribution >= 0.6 is 15.9 Å². The van der Waals surface area contributed by atoms with E-state index in [0.717, 1.165) is 38.1 Å². The maximum absolute atomic E-state index is 5.68. The fourth-order valence-electron chi connectivity index (χ4n) is 2.74. The van der Waals surface area contributed by atoms with Crippen molar-refractivity contribution in [2.45, 2.75) is 6.92 Å². The first-order valence-corrected chi connectivity index (χ1v) is 7.98. The van der Waals surface area contributed by atoms with Gasteiger partial charge in [0.1, 0.15) is 13.2 Å². The number of hydrogen-bond donors (Lipinski definition) is 0. The maximum Gasteiger partial charge on any atom is 0.162 e. The summed E-state index contributed by atoms with van der Waals surface area (Å²) in [5, 5.41) is 1.16. The number of halogens is 1. The molecule has 0 saturated carbocycles. The summed E-state index contributed by atoms with van der Waals surface area (Å²) in [6.45, 7) is 3.29. The lowest BCUT2D eigenvalue weighted by Crippen LogP contribution is -2.15. The molecular formula is C18H14BrNO2. The summed E-state index contributed by atoms with van der Waals surface area (Å²) < 4.78 is 12.3. The molecule has 0 bridgehead atoms. The summed E-state index contributed by atoms with van der Waals surface area (Å²) in [6, 6.07) is 14.1. The molecule has 4 heteroatoms. The first-order chi connectivity index (χ1) is 10.7. The van der Waals surface area contributed by atoms with E-state index in [-0.39, 0.29) is 0 Å². The van der Waals surface area contributed by atoms with Crippen molar-refractivity contribution in [2.75, 3.05) is 13.2 Å². The molecule has 0 aliphatic carbocycles. The third-order valence-electron chi connectivity index (χ3n) is 3.89. The van der Waals surface area contributed by atoms with Crippen LogP contribution in [-0.4, -0.2) is 18.2 Å². The quantitative estimate of drug-likeness (QED) is 0.631. The Morgan fingerprint density at radius 3 is 2.64 bits per heavy atom. The lowest BCUT2D eigenvalue weighted by Gasteiger charge is -2.19. The number of aromatic nitrogens is 1. The van der Waals surface area contributed by atoms with E-state index in [1.54, 1.807) is 0 Å². The summed E-state index contributed by atoms with van der Waals surface area (Å²) in [5.74, 6) is 1.58. The van der Waals surface area contributed by atoms with Crippen LogP contribution in [0.5, 0.6) is 11.5 Å². The van der Waals surface area contributed by atoms with Crippen molar-refractivity contribution in [3.63, 3.8) is 0 Å². The number of benzene rings is 2. The molecule has 2 heterocycles. The highest BCUT2D eigenvalue weighted by Crippen LogP contribution is 2.38. The molecule has 3 nitrogen and oxygen atoms in total. The maximum atomic E-state index is 5.68. The predicted molar refractivity (Wildman–Crippen MR) is 90.6 cm³/mol. The monoisotopic (exact) mass is 355 g/mol. The van der Waals surface area contributed by atoms with Crippen molar-refractivity contribution in [1.29, 1.82) is 0 Å². The van der Waals surface area contributed by atoms with Gasteiger partial charge in [-0.3, -0.25) is 0 Å². The highest BCUT2D eigenvalue weighted by Gasteiger charge is 2.16. The Balaban J connectivity index is 1.92. The van der Waals surface area contributed by atoms with Gasteiger partial charge in [0.25, 0.3) is 0 Å². The highest BCUT2D eigenvalue weighted by molar-refractivity contribution is 9.10. The smallest absolute Gasteiger partial charge is 0.162 e. The summed E-state index contributed by atoms with van der Waals surface area (Å²) >= 11 is 3.70. The van der Waals surface area contributed by atoms with Crippen molar-refractivity contribution in [3.8, 4) is 22.8 Å². The minimum Gasteiger partial charge on any atom is -0.486 e. The number of pyridine rings is 1. The van der Waals surface area contributed by atoms with E-state index in [1.807, 2.05) is 36.4 Å². The molecule has 1 aliphatic rings. The zero-order valence-electron chi connectivity index (χ0n) is 12.1. The van der Waals surface area contributed by atoms with Crippen LogP contribution in [0.4, 0.5) is 0 Å². The molecule has 0 spiro atoms. The van der Waals surface area contributed by atoms with Crippen LogP contribution in [0.1, 0.15) is 5.56 Å². The molecule has 0 N–H and O–H groups in total. The normalized spacial score (nSPS) is 13.4. The Kier molecular flexibility index (Phi) is 3.26. The van der Waals surface area contributed by atoms with E-state index < -0.39 is 0 Å². The van der Waals surface area contributed by atoms with Crippen LogP contribution in [0.2, 0.25) is 0 Å². The van der Waals surface area contributed by atoms with Gasteiger partial charge in [-0.2, -0.15) is 0 Å². The fraction of sp³-hybridized carbons (Fsp3) is 0.167. The molecular weight excluding hydrogens is 342 g/mol. The van der Waals surface area contributed by atoms with Crippen molar-refractivity contribution in [1.82, 2.24) is 4.98 Å². The molecule has 3 aromatic rings. The highest BCUT2D eigenvalue weighted by atomic mass is 79.9. The predicted octanol–water partition coefficient (Wildman–Crippen LogP) is 4.74. The molecule has 0 atom stereocenters. The minimum absolute atomic E-state index is 0.585. The van der Waals surface area contributed by atoms with Gasteiger partial charge in [-0.05, 0) is 52.7 Å². The molecule has 0 amide bonds. The number of hydrogen-bond acceptors (Lipinski definition) is 3. The molecule has 0 unspecified atom stereocenters. The third-order valence-corrected chi connectivity index (χ3v) is 4.86. The number of fused-ring (bicyclic) bond motifs is 2. The Morgan fingerprint density at radius 2 is 1.77 bits per heavy atom. The van der Waals surface area contributed by atoms with Crippen LogP contribution in [0.15, 0.2) is 46.9 Å². The molecule has 22 heavy (non-hydrogen) atoms. The average Bonchev–Trinajstić information content (AvgIpc) is 2.58. The van der Waals surface area contributed by atoms with Gasteiger partial charge in [-0.15, -0.1) is 0 Å². The average molecular weight is 356 g/mol. The zero-order chi connectivity index (χ0) is 15.1. The van der Waals surface area contributed by atoms with E-state index in [2.05, 4.69) is 28.9 Å². The summed E-state index contributed by atoms with van der Waals surface area (Å²) in [6.07, 6.45) is 0. The lowest BCUT2D eigenvalue weighted by atomic mass is 10.0. The van der Waals surface area contributed by atoms with Gasteiger partial charge in [-0.1, -0.05) is 18.2 Å². The van der Waals surface area contributed by atoms with Gasteiger partial charge in [0.05, 0.1) is 11.2 Å². The van der Waals surface area contributed by atoms with E-state index >= 15 is 0 Å². The molecule has 4 rings (SSSR count). The molecule has 110 valence electrons. The van der Waals surface area contributed by atoms with Crippen LogP contribution in [0, 0.1) is 6.92 Å². The largest absolute Gasteiger partial charge is 0.486 e. The minimum atomic E-state index is 0.585. The summed E-state index contributed by atoms with van der Waals surface area (Å²) in [7, 11) is 0. The number of ether oxygens (including phenoxy) is 2. The Bertz CT molecular complexity index is 876. The fourth-order valence-corrected chi connectivity index (χ4v) is 3.27. The second kappa shape index (κ2) is 5.29. The van der Waals surface area contributed by atoms with Crippen molar-refractivity contribution < 1.29 is 9.47 Å². The molecule has 1 aromatic heterocycles.